The molecule has 14 heavy (non-hydrogen) atoms. The molecule has 0 saturated carbocycles. The van der Waals surface area contributed by atoms with Crippen LogP contribution in [0.3, 0.4) is 0 Å². The molecule has 0 heterocycles. The Kier molecular flexibility index (Phi) is 2.31. The monoisotopic (exact) mass is 209 g/mol. The summed E-state index contributed by atoms with van der Waals surface area (Å²) >= 11 is -2.33. The Labute approximate surface area is 82.7 Å². The average Bonchev–Trinajstić information content (AvgIpc) is 2.16. The van der Waals surface area contributed by atoms with E-state index in [1.54, 1.807) is 18.2 Å². The van der Waals surface area contributed by atoms with Crippen molar-refractivity contribution >= 4 is 21.9 Å². The largest absolute Gasteiger partial charge is 0.768 e. The van der Waals surface area contributed by atoms with Crippen LogP contribution in [-0.4, -0.2) is 8.76 Å². The van der Waals surface area contributed by atoms with Gasteiger partial charge in [-0.15, -0.1) is 0 Å². The standard InChI is InChI=1S/C10H7FO2S/c11-8-5-4-7-2-1-3-10(14(12)13)9(7)6-8/h1-6H,(H,12,13)/p-1. The lowest BCUT2D eigenvalue weighted by Gasteiger charge is -2.08. The van der Waals surface area contributed by atoms with Crippen molar-refractivity contribution in [2.24, 2.45) is 0 Å². The first-order valence-corrected chi connectivity index (χ1v) is 5.03. The maximum atomic E-state index is 12.9. The van der Waals surface area contributed by atoms with Gasteiger partial charge in [0.05, 0.1) is 0 Å². The molecule has 0 fully saturated rings. The fraction of sp³-hybridized carbons (Fsp3) is 0. The highest BCUT2D eigenvalue weighted by atomic mass is 32.2. The molecule has 0 aliphatic rings. The SMILES string of the molecule is O=S([O-])c1cccc2ccc(F)cc12. The normalized spacial score (nSPS) is 13.0. The summed E-state index contributed by atoms with van der Waals surface area (Å²) in [5.74, 6) is -0.435. The van der Waals surface area contributed by atoms with Crippen LogP contribution in [0.25, 0.3) is 10.8 Å². The molecule has 0 aliphatic heterocycles. The fourth-order valence-corrected chi connectivity index (χ4v) is 1.91. The summed E-state index contributed by atoms with van der Waals surface area (Å²) in [4.78, 5) is 0.127. The molecule has 72 valence electrons. The molecule has 1 atom stereocenters. The smallest absolute Gasteiger partial charge is 0.123 e. The van der Waals surface area contributed by atoms with E-state index in [2.05, 4.69) is 0 Å². The number of halogens is 1. The van der Waals surface area contributed by atoms with E-state index >= 15 is 0 Å². The van der Waals surface area contributed by atoms with Gasteiger partial charge in [-0.3, -0.25) is 4.21 Å². The van der Waals surface area contributed by atoms with E-state index in [-0.39, 0.29) is 4.90 Å². The molecule has 0 spiro atoms. The van der Waals surface area contributed by atoms with Gasteiger partial charge in [0, 0.05) is 4.90 Å². The Hall–Kier alpha value is -1.26. The molecule has 2 nitrogen and oxygen atoms in total. The molecule has 2 aromatic carbocycles. The maximum Gasteiger partial charge on any atom is 0.123 e. The minimum atomic E-state index is -2.33. The average molecular weight is 209 g/mol. The van der Waals surface area contributed by atoms with E-state index in [0.29, 0.717) is 10.8 Å². The van der Waals surface area contributed by atoms with E-state index in [1.807, 2.05) is 0 Å². The van der Waals surface area contributed by atoms with Crippen LogP contribution in [0, 0.1) is 5.82 Å². The number of hydrogen-bond acceptors (Lipinski definition) is 2. The number of hydrogen-bond donors (Lipinski definition) is 0. The Bertz CT molecular complexity index is 510. The second kappa shape index (κ2) is 3.48. The van der Waals surface area contributed by atoms with Crippen molar-refractivity contribution in [3.05, 3.63) is 42.2 Å². The molecule has 1 unspecified atom stereocenters. The summed E-state index contributed by atoms with van der Waals surface area (Å²) in [6, 6.07) is 8.91. The van der Waals surface area contributed by atoms with Gasteiger partial charge >= 0.3 is 0 Å². The Morgan fingerprint density at radius 2 is 2.00 bits per heavy atom. The van der Waals surface area contributed by atoms with Gasteiger partial charge < -0.3 is 4.55 Å². The number of rotatable bonds is 1. The van der Waals surface area contributed by atoms with Crippen molar-refractivity contribution in [2.45, 2.75) is 4.90 Å². The number of fused-ring (bicyclic) bond motifs is 1. The van der Waals surface area contributed by atoms with Gasteiger partial charge in [-0.05, 0) is 40.1 Å². The van der Waals surface area contributed by atoms with Crippen LogP contribution in [0.5, 0.6) is 0 Å². The van der Waals surface area contributed by atoms with Crippen molar-refractivity contribution in [2.75, 3.05) is 0 Å². The fourth-order valence-electron chi connectivity index (χ4n) is 1.36. The second-order valence-electron chi connectivity index (χ2n) is 2.86. The molecule has 4 heteroatoms. The number of benzene rings is 2. The highest BCUT2D eigenvalue weighted by molar-refractivity contribution is 7.79. The molecule has 2 rings (SSSR count). The zero-order chi connectivity index (χ0) is 10.1. The Balaban J connectivity index is 2.84. The van der Waals surface area contributed by atoms with Crippen molar-refractivity contribution in [1.29, 1.82) is 0 Å². The molecule has 0 amide bonds. The van der Waals surface area contributed by atoms with Crippen LogP contribution in [0.1, 0.15) is 0 Å². The molecule has 0 radical (unpaired) electrons. The van der Waals surface area contributed by atoms with Gasteiger partial charge in [0.15, 0.2) is 0 Å². The van der Waals surface area contributed by atoms with Gasteiger partial charge in [-0.2, -0.15) is 0 Å². The third-order valence-electron chi connectivity index (χ3n) is 1.98. The van der Waals surface area contributed by atoms with Gasteiger partial charge in [-0.25, -0.2) is 4.39 Å². The first kappa shape index (κ1) is 9.30. The molecular formula is C10H6FO2S-. The van der Waals surface area contributed by atoms with Gasteiger partial charge in [0.2, 0.25) is 0 Å². The summed E-state index contributed by atoms with van der Waals surface area (Å²) in [5.41, 5.74) is 0. The van der Waals surface area contributed by atoms with Gasteiger partial charge in [-0.1, -0.05) is 18.2 Å². The Morgan fingerprint density at radius 3 is 2.71 bits per heavy atom. The van der Waals surface area contributed by atoms with Crippen molar-refractivity contribution in [3.63, 3.8) is 0 Å². The predicted octanol–water partition coefficient (Wildman–Crippen LogP) is 2.22. The van der Waals surface area contributed by atoms with Crippen LogP contribution in [0.2, 0.25) is 0 Å². The molecule has 0 aliphatic carbocycles. The molecule has 0 aromatic heterocycles. The summed E-state index contributed by atoms with van der Waals surface area (Å²) in [5, 5.41) is 1.13. The summed E-state index contributed by atoms with van der Waals surface area (Å²) in [7, 11) is 0. The van der Waals surface area contributed by atoms with Crippen molar-refractivity contribution < 1.29 is 13.2 Å². The minimum Gasteiger partial charge on any atom is -0.768 e. The molecule has 0 bridgehead atoms. The quantitative estimate of drug-likeness (QED) is 0.675. The minimum absolute atomic E-state index is 0.127. The van der Waals surface area contributed by atoms with Crippen molar-refractivity contribution in [1.82, 2.24) is 0 Å². The zero-order valence-corrected chi connectivity index (χ0v) is 7.88. The predicted molar refractivity (Wildman–Crippen MR) is 51.1 cm³/mol. The molecular weight excluding hydrogens is 203 g/mol. The van der Waals surface area contributed by atoms with E-state index in [0.717, 1.165) is 0 Å². The van der Waals surface area contributed by atoms with E-state index in [9.17, 15) is 13.2 Å². The van der Waals surface area contributed by atoms with Crippen LogP contribution >= 0.6 is 0 Å². The van der Waals surface area contributed by atoms with Gasteiger partial charge in [0.1, 0.15) is 5.82 Å². The third kappa shape index (κ3) is 1.54. The first-order chi connectivity index (χ1) is 6.68. The third-order valence-corrected chi connectivity index (χ3v) is 2.70. The van der Waals surface area contributed by atoms with Crippen molar-refractivity contribution in [3.8, 4) is 0 Å². The van der Waals surface area contributed by atoms with Crippen LogP contribution < -0.4 is 0 Å². The summed E-state index contributed by atoms with van der Waals surface area (Å²) in [6.45, 7) is 0. The molecule has 0 N–H and O–H groups in total. The van der Waals surface area contributed by atoms with E-state index < -0.39 is 16.9 Å². The second-order valence-corrected chi connectivity index (χ2v) is 3.77. The topological polar surface area (TPSA) is 40.1 Å². The highest BCUT2D eigenvalue weighted by Crippen LogP contribution is 2.21. The first-order valence-electron chi connectivity index (χ1n) is 3.96. The summed E-state index contributed by atoms with van der Waals surface area (Å²) < 4.78 is 34.5. The summed E-state index contributed by atoms with van der Waals surface area (Å²) in [6.07, 6.45) is 0. The maximum absolute atomic E-state index is 12.9. The Morgan fingerprint density at radius 1 is 1.21 bits per heavy atom. The molecule has 0 saturated heterocycles. The highest BCUT2D eigenvalue weighted by Gasteiger charge is 2.01. The lowest BCUT2D eigenvalue weighted by atomic mass is 10.1. The van der Waals surface area contributed by atoms with Crippen LogP contribution in [0.4, 0.5) is 4.39 Å². The van der Waals surface area contributed by atoms with E-state index in [4.69, 9.17) is 0 Å². The lowest BCUT2D eigenvalue weighted by Crippen LogP contribution is -1.90. The lowest BCUT2D eigenvalue weighted by molar-refractivity contribution is 0.538. The van der Waals surface area contributed by atoms with Crippen LogP contribution in [-0.2, 0) is 11.1 Å². The van der Waals surface area contributed by atoms with E-state index in [1.165, 1.54) is 18.2 Å². The van der Waals surface area contributed by atoms with Crippen LogP contribution in [0.15, 0.2) is 41.3 Å². The van der Waals surface area contributed by atoms with Gasteiger partial charge in [0.25, 0.3) is 0 Å². The zero-order valence-electron chi connectivity index (χ0n) is 7.07. The molecule has 2 aromatic rings.